The molecule has 2 unspecified atom stereocenters. The number of aliphatic hydroxyl groups is 1. The third-order valence-electron chi connectivity index (χ3n) is 5.30. The minimum Gasteiger partial charge on any atom is -0.367 e. The second-order valence-corrected chi connectivity index (χ2v) is 6.69. The third-order valence-corrected chi connectivity index (χ3v) is 5.30. The molecule has 94 valence electrons. The van der Waals surface area contributed by atoms with Crippen molar-refractivity contribution in [1.29, 1.82) is 0 Å². The van der Waals surface area contributed by atoms with Gasteiger partial charge in [0.25, 0.3) is 0 Å². The van der Waals surface area contributed by atoms with E-state index in [9.17, 15) is 5.11 Å². The molecule has 0 bridgehead atoms. The molecule has 0 heterocycles. The van der Waals surface area contributed by atoms with E-state index in [2.05, 4.69) is 27.7 Å². The standard InChI is InChI=1S/C14H26O2/c1-5-14(8-6-7-9-14)16-11(15)13(4)10-12(13,2)3/h11,15H,5-10H2,1-4H3. The molecule has 2 aliphatic rings. The number of rotatable bonds is 4. The fourth-order valence-electron chi connectivity index (χ4n) is 3.24. The lowest BCUT2D eigenvalue weighted by Crippen LogP contribution is -2.38. The van der Waals surface area contributed by atoms with Crippen LogP contribution in [0.2, 0.25) is 0 Å². The molecule has 0 aromatic carbocycles. The summed E-state index contributed by atoms with van der Waals surface area (Å²) in [6, 6.07) is 0. The normalized spacial score (nSPS) is 37.3. The van der Waals surface area contributed by atoms with Crippen molar-refractivity contribution < 1.29 is 9.84 Å². The molecule has 0 radical (unpaired) electrons. The van der Waals surface area contributed by atoms with Crippen LogP contribution in [0.3, 0.4) is 0 Å². The Morgan fingerprint density at radius 3 is 2.06 bits per heavy atom. The Labute approximate surface area is 99.4 Å². The predicted molar refractivity (Wildman–Crippen MR) is 65.1 cm³/mol. The Morgan fingerprint density at radius 2 is 1.69 bits per heavy atom. The molecule has 1 N–H and O–H groups in total. The van der Waals surface area contributed by atoms with Crippen molar-refractivity contribution in [1.82, 2.24) is 0 Å². The molecule has 0 amide bonds. The topological polar surface area (TPSA) is 29.5 Å². The molecule has 0 spiro atoms. The van der Waals surface area contributed by atoms with Gasteiger partial charge in [0.2, 0.25) is 0 Å². The summed E-state index contributed by atoms with van der Waals surface area (Å²) in [6.07, 6.45) is 6.26. The van der Waals surface area contributed by atoms with Crippen LogP contribution in [0.4, 0.5) is 0 Å². The first-order chi connectivity index (χ1) is 7.35. The number of hydrogen-bond donors (Lipinski definition) is 1. The summed E-state index contributed by atoms with van der Waals surface area (Å²) < 4.78 is 6.07. The van der Waals surface area contributed by atoms with E-state index in [4.69, 9.17) is 4.74 Å². The van der Waals surface area contributed by atoms with Crippen LogP contribution >= 0.6 is 0 Å². The summed E-state index contributed by atoms with van der Waals surface area (Å²) in [6.45, 7) is 8.76. The Morgan fingerprint density at radius 1 is 1.19 bits per heavy atom. The Hall–Kier alpha value is -0.0800. The molecular formula is C14H26O2. The van der Waals surface area contributed by atoms with Crippen LogP contribution in [0.5, 0.6) is 0 Å². The second kappa shape index (κ2) is 3.71. The second-order valence-electron chi connectivity index (χ2n) is 6.69. The molecule has 2 heteroatoms. The van der Waals surface area contributed by atoms with E-state index in [-0.39, 0.29) is 16.4 Å². The zero-order chi connectivity index (χ0) is 12.0. The van der Waals surface area contributed by atoms with Crippen molar-refractivity contribution in [2.75, 3.05) is 0 Å². The van der Waals surface area contributed by atoms with Gasteiger partial charge in [0.05, 0.1) is 5.60 Å². The Balaban J connectivity index is 1.99. The zero-order valence-corrected chi connectivity index (χ0v) is 11.2. The molecule has 0 aromatic heterocycles. The molecule has 2 aliphatic carbocycles. The van der Waals surface area contributed by atoms with Crippen LogP contribution in [-0.2, 0) is 4.74 Å². The summed E-state index contributed by atoms with van der Waals surface area (Å²) in [5, 5.41) is 10.3. The van der Waals surface area contributed by atoms with Gasteiger partial charge in [0.1, 0.15) is 0 Å². The SMILES string of the molecule is CCC1(OC(O)C2(C)CC2(C)C)CCCC1. The fourth-order valence-corrected chi connectivity index (χ4v) is 3.24. The summed E-state index contributed by atoms with van der Waals surface area (Å²) >= 11 is 0. The molecule has 2 rings (SSSR count). The van der Waals surface area contributed by atoms with E-state index >= 15 is 0 Å². The lowest BCUT2D eigenvalue weighted by Gasteiger charge is -2.34. The van der Waals surface area contributed by atoms with Gasteiger partial charge < -0.3 is 9.84 Å². The molecule has 2 nitrogen and oxygen atoms in total. The quantitative estimate of drug-likeness (QED) is 0.744. The number of hydrogen-bond acceptors (Lipinski definition) is 2. The first kappa shape index (κ1) is 12.4. The zero-order valence-electron chi connectivity index (χ0n) is 11.2. The van der Waals surface area contributed by atoms with Gasteiger partial charge in [-0.2, -0.15) is 0 Å². The maximum Gasteiger partial charge on any atom is 0.161 e. The largest absolute Gasteiger partial charge is 0.367 e. The monoisotopic (exact) mass is 226 g/mol. The van der Waals surface area contributed by atoms with Crippen molar-refractivity contribution in [3.8, 4) is 0 Å². The van der Waals surface area contributed by atoms with Crippen LogP contribution in [0.1, 0.15) is 66.2 Å². The third kappa shape index (κ3) is 1.80. The molecular weight excluding hydrogens is 200 g/mol. The van der Waals surface area contributed by atoms with E-state index in [1.54, 1.807) is 0 Å². The Bertz CT molecular complexity index is 266. The van der Waals surface area contributed by atoms with Crippen LogP contribution in [0.15, 0.2) is 0 Å². The van der Waals surface area contributed by atoms with Crippen molar-refractivity contribution in [2.45, 2.75) is 78.1 Å². The van der Waals surface area contributed by atoms with Crippen molar-refractivity contribution in [3.05, 3.63) is 0 Å². The van der Waals surface area contributed by atoms with E-state index in [0.29, 0.717) is 0 Å². The van der Waals surface area contributed by atoms with Crippen molar-refractivity contribution in [3.63, 3.8) is 0 Å². The van der Waals surface area contributed by atoms with Gasteiger partial charge in [-0.05, 0) is 31.1 Å². The maximum absolute atomic E-state index is 10.3. The predicted octanol–water partition coefficient (Wildman–Crippen LogP) is 3.48. The average Bonchev–Trinajstić information content (AvgIpc) is 2.63. The highest BCUT2D eigenvalue weighted by atomic mass is 16.6. The van der Waals surface area contributed by atoms with Gasteiger partial charge >= 0.3 is 0 Å². The Kier molecular flexibility index (Phi) is 2.87. The molecule has 2 saturated carbocycles. The smallest absolute Gasteiger partial charge is 0.161 e. The van der Waals surface area contributed by atoms with E-state index in [1.165, 1.54) is 12.8 Å². The fraction of sp³-hybridized carbons (Fsp3) is 1.00. The molecule has 0 aromatic rings. The summed E-state index contributed by atoms with van der Waals surface area (Å²) in [7, 11) is 0. The molecule has 2 atom stereocenters. The van der Waals surface area contributed by atoms with Gasteiger partial charge in [-0.15, -0.1) is 0 Å². The van der Waals surface area contributed by atoms with Gasteiger partial charge in [0.15, 0.2) is 6.29 Å². The highest BCUT2D eigenvalue weighted by molar-refractivity contribution is 5.08. The first-order valence-corrected chi connectivity index (χ1v) is 6.71. The van der Waals surface area contributed by atoms with E-state index < -0.39 is 6.29 Å². The van der Waals surface area contributed by atoms with Crippen LogP contribution in [0, 0.1) is 10.8 Å². The van der Waals surface area contributed by atoms with Gasteiger partial charge in [-0.1, -0.05) is 40.5 Å². The van der Waals surface area contributed by atoms with Crippen LogP contribution in [0.25, 0.3) is 0 Å². The lowest BCUT2D eigenvalue weighted by atomic mass is 9.95. The average molecular weight is 226 g/mol. The van der Waals surface area contributed by atoms with Gasteiger partial charge in [0, 0.05) is 5.41 Å². The summed E-state index contributed by atoms with van der Waals surface area (Å²) in [4.78, 5) is 0. The minimum absolute atomic E-state index is 0.0267. The van der Waals surface area contributed by atoms with Crippen molar-refractivity contribution >= 4 is 0 Å². The number of ether oxygens (including phenoxy) is 1. The summed E-state index contributed by atoms with van der Waals surface area (Å²) in [5.74, 6) is 0. The first-order valence-electron chi connectivity index (χ1n) is 6.71. The van der Waals surface area contributed by atoms with Gasteiger partial charge in [-0.25, -0.2) is 0 Å². The maximum atomic E-state index is 10.3. The van der Waals surface area contributed by atoms with Crippen LogP contribution in [-0.4, -0.2) is 17.0 Å². The highest BCUT2D eigenvalue weighted by Crippen LogP contribution is 2.65. The van der Waals surface area contributed by atoms with E-state index in [0.717, 1.165) is 25.7 Å². The molecule has 2 fully saturated rings. The molecule has 0 aliphatic heterocycles. The minimum atomic E-state index is -0.583. The number of aliphatic hydroxyl groups excluding tert-OH is 1. The molecule has 16 heavy (non-hydrogen) atoms. The van der Waals surface area contributed by atoms with Crippen LogP contribution < -0.4 is 0 Å². The lowest BCUT2D eigenvalue weighted by molar-refractivity contribution is -0.218. The summed E-state index contributed by atoms with van der Waals surface area (Å²) in [5.41, 5.74) is 0.179. The van der Waals surface area contributed by atoms with E-state index in [1.807, 2.05) is 0 Å². The van der Waals surface area contributed by atoms with Gasteiger partial charge in [-0.3, -0.25) is 0 Å². The van der Waals surface area contributed by atoms with Crippen molar-refractivity contribution in [2.24, 2.45) is 10.8 Å². The molecule has 0 saturated heterocycles. The highest BCUT2D eigenvalue weighted by Gasteiger charge is 2.63.